The summed E-state index contributed by atoms with van der Waals surface area (Å²) in [5, 5.41) is 9.06. The van der Waals surface area contributed by atoms with E-state index < -0.39 is 10.0 Å². The minimum absolute atomic E-state index is 0.236. The molecule has 0 saturated carbocycles. The first kappa shape index (κ1) is 18.9. The summed E-state index contributed by atoms with van der Waals surface area (Å²) < 4.78 is 33.2. The number of methoxy groups -OCH3 is 1. The fourth-order valence-corrected chi connectivity index (χ4v) is 6.45. The predicted octanol–water partition coefficient (Wildman–Crippen LogP) is 4.60. The van der Waals surface area contributed by atoms with Crippen molar-refractivity contribution in [2.45, 2.75) is 9.79 Å². The van der Waals surface area contributed by atoms with E-state index in [2.05, 4.69) is 6.07 Å². The van der Waals surface area contributed by atoms with Gasteiger partial charge in [-0.2, -0.15) is 5.26 Å². The Balaban J connectivity index is 1.76. The molecule has 2 aromatic carbocycles. The minimum Gasteiger partial charge on any atom is -0.497 e. The van der Waals surface area contributed by atoms with Crippen molar-refractivity contribution in [1.82, 2.24) is 0 Å². The molecule has 4 rings (SSSR count). The minimum atomic E-state index is -3.68. The van der Waals surface area contributed by atoms with E-state index in [-0.39, 0.29) is 4.90 Å². The maximum Gasteiger partial charge on any atom is 0.264 e. The van der Waals surface area contributed by atoms with E-state index >= 15 is 0 Å². The summed E-state index contributed by atoms with van der Waals surface area (Å²) in [6.45, 7) is 0.406. The highest BCUT2D eigenvalue weighted by atomic mass is 32.2. The largest absolute Gasteiger partial charge is 0.497 e. The van der Waals surface area contributed by atoms with Crippen LogP contribution in [0.2, 0.25) is 0 Å². The van der Waals surface area contributed by atoms with Crippen molar-refractivity contribution >= 4 is 38.8 Å². The van der Waals surface area contributed by atoms with Crippen LogP contribution in [0, 0.1) is 11.3 Å². The van der Waals surface area contributed by atoms with Crippen LogP contribution in [-0.2, 0) is 10.0 Å². The van der Waals surface area contributed by atoms with Gasteiger partial charge in [0.15, 0.2) is 0 Å². The number of sulfonamides is 1. The van der Waals surface area contributed by atoms with Crippen molar-refractivity contribution in [3.05, 3.63) is 59.5 Å². The van der Waals surface area contributed by atoms with E-state index in [9.17, 15) is 8.42 Å². The lowest BCUT2D eigenvalue weighted by Crippen LogP contribution is -2.35. The number of ether oxygens (including phenoxy) is 1. The van der Waals surface area contributed by atoms with Gasteiger partial charge in [-0.3, -0.25) is 4.31 Å². The summed E-state index contributed by atoms with van der Waals surface area (Å²) in [6, 6.07) is 18.1. The Morgan fingerprint density at radius 1 is 1.11 bits per heavy atom. The average molecular weight is 429 g/mol. The quantitative estimate of drug-likeness (QED) is 0.608. The molecule has 0 spiro atoms. The number of rotatable bonds is 4. The van der Waals surface area contributed by atoms with Crippen LogP contribution in [0.1, 0.15) is 4.88 Å². The van der Waals surface area contributed by atoms with Gasteiger partial charge >= 0.3 is 0 Å². The van der Waals surface area contributed by atoms with E-state index in [4.69, 9.17) is 10.00 Å². The van der Waals surface area contributed by atoms with E-state index in [1.807, 2.05) is 24.3 Å². The van der Waals surface area contributed by atoms with Crippen molar-refractivity contribution in [2.24, 2.45) is 0 Å². The third-order valence-electron chi connectivity index (χ3n) is 4.43. The van der Waals surface area contributed by atoms with Gasteiger partial charge in [-0.25, -0.2) is 8.42 Å². The smallest absolute Gasteiger partial charge is 0.264 e. The fourth-order valence-electron chi connectivity index (χ4n) is 3.02. The molecule has 1 aliphatic heterocycles. The first-order chi connectivity index (χ1) is 13.5. The summed E-state index contributed by atoms with van der Waals surface area (Å²) >= 11 is 3.04. The molecule has 1 aromatic heterocycles. The molecule has 0 N–H and O–H groups in total. The first-order valence-electron chi connectivity index (χ1n) is 8.47. The summed E-state index contributed by atoms with van der Waals surface area (Å²) in [5.74, 6) is 1.31. The van der Waals surface area contributed by atoms with E-state index in [0.717, 1.165) is 15.3 Å². The predicted molar refractivity (Wildman–Crippen MR) is 113 cm³/mol. The molecular formula is C20H16N2O3S3. The lowest BCUT2D eigenvalue weighted by molar-refractivity contribution is 0.414. The molecule has 0 bridgehead atoms. The molecule has 0 fully saturated rings. The highest BCUT2D eigenvalue weighted by molar-refractivity contribution is 8.00. The Kier molecular flexibility index (Phi) is 5.06. The van der Waals surface area contributed by atoms with Crippen LogP contribution in [0.5, 0.6) is 5.75 Å². The van der Waals surface area contributed by atoms with Crippen molar-refractivity contribution < 1.29 is 13.2 Å². The van der Waals surface area contributed by atoms with Gasteiger partial charge in [0, 0.05) is 22.1 Å². The van der Waals surface area contributed by atoms with Crippen LogP contribution in [0.3, 0.4) is 0 Å². The van der Waals surface area contributed by atoms with Gasteiger partial charge in [-0.15, -0.1) is 23.1 Å². The van der Waals surface area contributed by atoms with E-state index in [1.54, 1.807) is 49.2 Å². The number of hydrogen-bond acceptors (Lipinski definition) is 6. The fraction of sp³-hybridized carbons (Fsp3) is 0.150. The highest BCUT2D eigenvalue weighted by Crippen LogP contribution is 2.41. The average Bonchev–Trinajstić information content (AvgIpc) is 3.22. The number of benzene rings is 2. The van der Waals surface area contributed by atoms with Gasteiger partial charge in [-0.05, 0) is 54.1 Å². The lowest BCUT2D eigenvalue weighted by atomic mass is 10.1. The number of nitriles is 1. The second kappa shape index (κ2) is 7.51. The van der Waals surface area contributed by atoms with Crippen LogP contribution >= 0.6 is 23.1 Å². The summed E-state index contributed by atoms with van der Waals surface area (Å²) in [6.07, 6.45) is 0. The Labute approximate surface area is 172 Å². The third kappa shape index (κ3) is 3.37. The van der Waals surface area contributed by atoms with E-state index in [0.29, 0.717) is 28.6 Å². The Hall–Kier alpha value is -2.47. The monoisotopic (exact) mass is 428 g/mol. The Morgan fingerprint density at radius 3 is 2.57 bits per heavy atom. The second-order valence-corrected chi connectivity index (χ2v) is 10.1. The molecule has 2 heterocycles. The van der Waals surface area contributed by atoms with Crippen LogP contribution in [-0.4, -0.2) is 27.8 Å². The molecule has 0 atom stereocenters. The van der Waals surface area contributed by atoms with Gasteiger partial charge < -0.3 is 4.74 Å². The van der Waals surface area contributed by atoms with Crippen molar-refractivity contribution in [1.29, 1.82) is 5.26 Å². The van der Waals surface area contributed by atoms with Gasteiger partial charge in [-0.1, -0.05) is 6.07 Å². The molecule has 8 heteroatoms. The number of hydrogen-bond donors (Lipinski definition) is 0. The Bertz CT molecular complexity index is 1160. The SMILES string of the molecule is COc1ccc(S(=O)(=O)N2CCSc3ccc(-c4ccc(C#N)s4)cc32)cc1. The zero-order valence-corrected chi connectivity index (χ0v) is 17.4. The molecule has 0 saturated heterocycles. The molecule has 0 unspecified atom stereocenters. The standard InChI is InChI=1S/C20H16N2O3S3/c1-25-15-3-6-17(7-4-15)28(23,24)22-10-11-26-20-8-2-14(12-18(20)22)19-9-5-16(13-21)27-19/h2-9,12H,10-11H2,1H3. The molecule has 5 nitrogen and oxygen atoms in total. The van der Waals surface area contributed by atoms with Gasteiger partial charge in [0.1, 0.15) is 16.7 Å². The summed E-state index contributed by atoms with van der Waals surface area (Å²) in [4.78, 5) is 2.74. The number of nitrogens with zero attached hydrogens (tertiary/aromatic N) is 2. The molecule has 0 aliphatic carbocycles. The third-order valence-corrected chi connectivity index (χ3v) is 8.34. The van der Waals surface area contributed by atoms with Gasteiger partial charge in [0.05, 0.1) is 17.7 Å². The van der Waals surface area contributed by atoms with Crippen molar-refractivity contribution in [2.75, 3.05) is 23.7 Å². The normalized spacial score (nSPS) is 13.6. The van der Waals surface area contributed by atoms with Crippen molar-refractivity contribution in [3.8, 4) is 22.3 Å². The summed E-state index contributed by atoms with van der Waals surface area (Å²) in [5.41, 5.74) is 1.58. The Morgan fingerprint density at radius 2 is 1.89 bits per heavy atom. The van der Waals surface area contributed by atoms with Crippen LogP contribution < -0.4 is 9.04 Å². The molecular weight excluding hydrogens is 412 g/mol. The molecule has 142 valence electrons. The number of anilines is 1. The van der Waals surface area contributed by atoms with Gasteiger partial charge in [0.2, 0.25) is 0 Å². The number of thioether (sulfide) groups is 1. The van der Waals surface area contributed by atoms with Crippen LogP contribution in [0.15, 0.2) is 64.4 Å². The molecule has 0 radical (unpaired) electrons. The zero-order chi connectivity index (χ0) is 19.7. The molecule has 28 heavy (non-hydrogen) atoms. The second-order valence-electron chi connectivity index (χ2n) is 6.06. The topological polar surface area (TPSA) is 70.4 Å². The number of fused-ring (bicyclic) bond motifs is 1. The molecule has 1 aliphatic rings. The van der Waals surface area contributed by atoms with Crippen LogP contribution in [0.4, 0.5) is 5.69 Å². The van der Waals surface area contributed by atoms with Crippen molar-refractivity contribution in [3.63, 3.8) is 0 Å². The van der Waals surface area contributed by atoms with Gasteiger partial charge in [0.25, 0.3) is 10.0 Å². The zero-order valence-electron chi connectivity index (χ0n) is 15.0. The lowest BCUT2D eigenvalue weighted by Gasteiger charge is -2.30. The van der Waals surface area contributed by atoms with Crippen LogP contribution in [0.25, 0.3) is 10.4 Å². The highest BCUT2D eigenvalue weighted by Gasteiger charge is 2.30. The molecule has 3 aromatic rings. The summed E-state index contributed by atoms with van der Waals surface area (Å²) in [7, 11) is -2.14. The van der Waals surface area contributed by atoms with E-state index in [1.165, 1.54) is 15.6 Å². The first-order valence-corrected chi connectivity index (χ1v) is 11.7. The maximum atomic E-state index is 13.3. The number of thiophene rings is 1. The molecule has 0 amide bonds. The maximum absolute atomic E-state index is 13.3.